The van der Waals surface area contributed by atoms with Crippen LogP contribution in [0.15, 0.2) is 5.38 Å². The van der Waals surface area contributed by atoms with Crippen LogP contribution in [-0.2, 0) is 4.79 Å². The van der Waals surface area contributed by atoms with E-state index in [2.05, 4.69) is 22.6 Å². The number of thioether (sulfide) groups is 1. The summed E-state index contributed by atoms with van der Waals surface area (Å²) < 4.78 is 0. The molecule has 0 saturated heterocycles. The topological polar surface area (TPSA) is 42.0 Å². The van der Waals surface area contributed by atoms with Gasteiger partial charge in [-0.05, 0) is 31.4 Å². The number of nitrogens with one attached hydrogen (secondary N) is 1. The summed E-state index contributed by atoms with van der Waals surface area (Å²) in [6.45, 7) is 4.80. The van der Waals surface area contributed by atoms with Gasteiger partial charge in [0, 0.05) is 23.5 Å². The van der Waals surface area contributed by atoms with Gasteiger partial charge in [-0.25, -0.2) is 4.98 Å². The molecule has 5 heteroatoms. The molecule has 1 atom stereocenters. The summed E-state index contributed by atoms with van der Waals surface area (Å²) in [4.78, 5) is 16.1. The van der Waals surface area contributed by atoms with Crippen molar-refractivity contribution in [3.8, 4) is 0 Å². The molecule has 1 N–H and O–H groups in total. The number of hydrogen-bond donors (Lipinski definition) is 1. The van der Waals surface area contributed by atoms with Crippen LogP contribution in [0.4, 0.5) is 0 Å². The van der Waals surface area contributed by atoms with Gasteiger partial charge in [0.1, 0.15) is 0 Å². The summed E-state index contributed by atoms with van der Waals surface area (Å²) in [5.74, 6) is 3.09. The molecule has 0 aliphatic heterocycles. The standard InChI is InChI=1S/C13H20N2OS2/c1-9(13-15-10(2)6-18-13)5-14-12(16)8-17-7-11-3-4-11/h6,9,11H,3-5,7-8H2,1-2H3,(H,14,16)/t9-/m1/s1. The molecule has 0 unspecified atom stereocenters. The molecule has 1 saturated carbocycles. The predicted molar refractivity (Wildman–Crippen MR) is 78.3 cm³/mol. The quantitative estimate of drug-likeness (QED) is 0.837. The van der Waals surface area contributed by atoms with E-state index in [-0.39, 0.29) is 5.91 Å². The smallest absolute Gasteiger partial charge is 0.230 e. The van der Waals surface area contributed by atoms with Gasteiger partial charge in [-0.15, -0.1) is 11.3 Å². The maximum atomic E-state index is 11.6. The molecule has 1 aromatic rings. The Kier molecular flexibility index (Phi) is 5.06. The zero-order valence-electron chi connectivity index (χ0n) is 10.9. The highest BCUT2D eigenvalue weighted by atomic mass is 32.2. The Balaban J connectivity index is 1.62. The molecule has 2 rings (SSSR count). The molecule has 1 amide bonds. The lowest BCUT2D eigenvalue weighted by molar-refractivity contribution is -0.118. The van der Waals surface area contributed by atoms with Gasteiger partial charge in [0.2, 0.25) is 5.91 Å². The summed E-state index contributed by atoms with van der Waals surface area (Å²) >= 11 is 3.43. The van der Waals surface area contributed by atoms with E-state index >= 15 is 0 Å². The van der Waals surface area contributed by atoms with Crippen LogP contribution >= 0.6 is 23.1 Å². The van der Waals surface area contributed by atoms with Crippen molar-refractivity contribution in [2.24, 2.45) is 5.92 Å². The second kappa shape index (κ2) is 6.57. The molecule has 0 aromatic carbocycles. The zero-order chi connectivity index (χ0) is 13.0. The first-order valence-electron chi connectivity index (χ1n) is 6.41. The highest BCUT2D eigenvalue weighted by Crippen LogP contribution is 2.32. The second-order valence-electron chi connectivity index (χ2n) is 4.99. The van der Waals surface area contributed by atoms with Crippen LogP contribution in [-0.4, -0.2) is 28.9 Å². The van der Waals surface area contributed by atoms with E-state index < -0.39 is 0 Å². The van der Waals surface area contributed by atoms with Crippen LogP contribution in [0.5, 0.6) is 0 Å². The molecule has 3 nitrogen and oxygen atoms in total. The first-order chi connectivity index (χ1) is 8.65. The summed E-state index contributed by atoms with van der Waals surface area (Å²) in [7, 11) is 0. The number of aryl methyl sites for hydroxylation is 1. The Morgan fingerprint density at radius 3 is 3.06 bits per heavy atom. The molecule has 1 heterocycles. The lowest BCUT2D eigenvalue weighted by Crippen LogP contribution is -2.29. The van der Waals surface area contributed by atoms with E-state index in [4.69, 9.17) is 0 Å². The third-order valence-corrected chi connectivity index (χ3v) is 5.31. The van der Waals surface area contributed by atoms with Gasteiger partial charge >= 0.3 is 0 Å². The van der Waals surface area contributed by atoms with E-state index in [9.17, 15) is 4.79 Å². The molecule has 18 heavy (non-hydrogen) atoms. The van der Waals surface area contributed by atoms with Gasteiger partial charge in [-0.3, -0.25) is 4.79 Å². The summed E-state index contributed by atoms with van der Waals surface area (Å²) in [5.41, 5.74) is 1.06. The van der Waals surface area contributed by atoms with Crippen molar-refractivity contribution in [3.63, 3.8) is 0 Å². The first-order valence-corrected chi connectivity index (χ1v) is 8.45. The normalized spacial score (nSPS) is 16.6. The number of carbonyl (C=O) groups excluding carboxylic acids is 1. The minimum Gasteiger partial charge on any atom is -0.355 e. The number of hydrogen-bond acceptors (Lipinski definition) is 4. The number of amides is 1. The van der Waals surface area contributed by atoms with Crippen molar-refractivity contribution >= 4 is 29.0 Å². The van der Waals surface area contributed by atoms with Gasteiger partial charge in [-0.1, -0.05) is 6.92 Å². The molecule has 1 aliphatic rings. The monoisotopic (exact) mass is 284 g/mol. The van der Waals surface area contributed by atoms with Crippen molar-refractivity contribution in [1.82, 2.24) is 10.3 Å². The van der Waals surface area contributed by atoms with E-state index in [1.807, 2.05) is 6.92 Å². The van der Waals surface area contributed by atoms with E-state index in [1.165, 1.54) is 12.8 Å². The fourth-order valence-electron chi connectivity index (χ4n) is 1.61. The van der Waals surface area contributed by atoms with Gasteiger partial charge < -0.3 is 5.32 Å². The summed E-state index contributed by atoms with van der Waals surface area (Å²) in [6, 6.07) is 0. The maximum absolute atomic E-state index is 11.6. The molecule has 100 valence electrons. The number of carbonyl (C=O) groups is 1. The van der Waals surface area contributed by atoms with Gasteiger partial charge in [0.05, 0.1) is 10.8 Å². The Morgan fingerprint density at radius 2 is 2.44 bits per heavy atom. The fourth-order valence-corrected chi connectivity index (χ4v) is 3.53. The zero-order valence-corrected chi connectivity index (χ0v) is 12.6. The molecule has 1 fully saturated rings. The van der Waals surface area contributed by atoms with Gasteiger partial charge in [-0.2, -0.15) is 11.8 Å². The van der Waals surface area contributed by atoms with Crippen LogP contribution in [0.2, 0.25) is 0 Å². The van der Waals surface area contributed by atoms with Crippen molar-refractivity contribution in [2.75, 3.05) is 18.1 Å². The Bertz CT molecular complexity index is 401. The second-order valence-corrected chi connectivity index (χ2v) is 6.91. The average Bonchev–Trinajstić information content (AvgIpc) is 3.06. The Hall–Kier alpha value is -0.550. The SMILES string of the molecule is Cc1csc([C@H](C)CNC(=O)CSCC2CC2)n1. The average molecular weight is 284 g/mol. The fraction of sp³-hybridized carbons (Fsp3) is 0.692. The Morgan fingerprint density at radius 1 is 1.67 bits per heavy atom. The number of thiazole rings is 1. The number of rotatable bonds is 7. The van der Waals surface area contributed by atoms with Crippen molar-refractivity contribution in [3.05, 3.63) is 16.1 Å². The Labute approximate surface area is 117 Å². The van der Waals surface area contributed by atoms with Crippen LogP contribution in [0.3, 0.4) is 0 Å². The highest BCUT2D eigenvalue weighted by Gasteiger charge is 2.21. The molecule has 0 bridgehead atoms. The predicted octanol–water partition coefficient (Wildman–Crippen LogP) is 2.81. The van der Waals surface area contributed by atoms with Crippen molar-refractivity contribution in [2.45, 2.75) is 32.6 Å². The third kappa shape index (κ3) is 4.61. The largest absolute Gasteiger partial charge is 0.355 e. The van der Waals surface area contributed by atoms with Crippen LogP contribution in [0.25, 0.3) is 0 Å². The minimum absolute atomic E-state index is 0.153. The van der Waals surface area contributed by atoms with E-state index in [1.54, 1.807) is 23.1 Å². The van der Waals surface area contributed by atoms with Crippen LogP contribution in [0.1, 0.15) is 36.4 Å². The summed E-state index contributed by atoms with van der Waals surface area (Å²) in [5, 5.41) is 6.16. The van der Waals surface area contributed by atoms with Crippen molar-refractivity contribution < 1.29 is 4.79 Å². The van der Waals surface area contributed by atoms with Gasteiger partial charge in [0.15, 0.2) is 0 Å². The third-order valence-electron chi connectivity index (χ3n) is 2.95. The molecular formula is C13H20N2OS2. The van der Waals surface area contributed by atoms with E-state index in [0.29, 0.717) is 18.2 Å². The molecule has 0 spiro atoms. The molecular weight excluding hydrogens is 264 g/mol. The molecule has 0 radical (unpaired) electrons. The summed E-state index contributed by atoms with van der Waals surface area (Å²) in [6.07, 6.45) is 2.71. The number of nitrogens with zero attached hydrogens (tertiary/aromatic N) is 1. The van der Waals surface area contributed by atoms with E-state index in [0.717, 1.165) is 22.4 Å². The first kappa shape index (κ1) is 13.9. The molecule has 1 aromatic heterocycles. The minimum atomic E-state index is 0.153. The van der Waals surface area contributed by atoms with Crippen LogP contribution in [0, 0.1) is 12.8 Å². The number of aromatic nitrogens is 1. The highest BCUT2D eigenvalue weighted by molar-refractivity contribution is 7.99. The van der Waals surface area contributed by atoms with Crippen LogP contribution < -0.4 is 5.32 Å². The molecule has 1 aliphatic carbocycles. The maximum Gasteiger partial charge on any atom is 0.230 e. The lowest BCUT2D eigenvalue weighted by atomic mass is 10.2. The van der Waals surface area contributed by atoms with Crippen molar-refractivity contribution in [1.29, 1.82) is 0 Å². The van der Waals surface area contributed by atoms with Gasteiger partial charge in [0.25, 0.3) is 0 Å². The lowest BCUT2D eigenvalue weighted by Gasteiger charge is -2.09.